The van der Waals surface area contributed by atoms with Gasteiger partial charge in [0.2, 0.25) is 0 Å². The Morgan fingerprint density at radius 3 is 1.26 bits per heavy atom. The molecule has 0 spiro atoms. The predicted molar refractivity (Wildman–Crippen MR) is 657 cm³/mol. The summed E-state index contributed by atoms with van der Waals surface area (Å²) in [4.78, 5) is 44.3. The molecule has 20 rings (SSSR count). The molecule has 0 bridgehead atoms. The number of nitrogens with one attached hydrogen (secondary N) is 1. The fraction of sp³-hybridized carbons (Fsp3) is 0.338. The third kappa shape index (κ3) is 45.7. The maximum atomic E-state index is 4.73. The molecule has 0 radical (unpaired) electrons. The highest BCUT2D eigenvalue weighted by Crippen LogP contribution is 2.40. The van der Waals surface area contributed by atoms with Crippen molar-refractivity contribution in [2.45, 2.75) is 269 Å². The third-order valence-electron chi connectivity index (χ3n) is 24.4. The summed E-state index contributed by atoms with van der Waals surface area (Å²) in [5.41, 5.74) is 33.7. The Bertz CT molecular complexity index is 6260. The van der Waals surface area contributed by atoms with Gasteiger partial charge in [-0.1, -0.05) is 425 Å². The lowest BCUT2D eigenvalue weighted by molar-refractivity contribution is 0.612. The van der Waals surface area contributed by atoms with E-state index in [1.807, 2.05) is 240 Å². The Hall–Kier alpha value is -13.9. The van der Waals surface area contributed by atoms with Gasteiger partial charge in [0.1, 0.15) is 0 Å². The summed E-state index contributed by atoms with van der Waals surface area (Å²) in [6, 6.07) is 124. The van der Waals surface area contributed by atoms with Gasteiger partial charge in [0, 0.05) is 115 Å². The molecule has 11 nitrogen and oxygen atoms in total. The number of hydrogen-bond donors (Lipinski definition) is 1. The number of aryl methyl sites for hydroxylation is 3. The van der Waals surface area contributed by atoms with Crippen LogP contribution in [0.15, 0.2) is 408 Å². The molecule has 11 heteroatoms. The van der Waals surface area contributed by atoms with Crippen molar-refractivity contribution < 1.29 is 0 Å². The van der Waals surface area contributed by atoms with Crippen LogP contribution < -0.4 is 5.32 Å². The van der Waals surface area contributed by atoms with Gasteiger partial charge in [0.15, 0.2) is 0 Å². The van der Waals surface area contributed by atoms with Crippen molar-refractivity contribution in [3.63, 3.8) is 0 Å². The molecule has 5 heterocycles. The van der Waals surface area contributed by atoms with E-state index >= 15 is 0 Å². The van der Waals surface area contributed by atoms with E-state index in [-0.39, 0.29) is 0 Å². The molecule has 1 aliphatic carbocycles. The average molecular weight is 1970 g/mol. The topological polar surface area (TPSA) is 136 Å². The maximum Gasteiger partial charge on any atom is 0.0708 e. The number of rotatable bonds is 12. The molecule has 6 aliphatic rings. The molecular formula is C136H177N11. The van der Waals surface area contributed by atoms with E-state index in [0.717, 1.165) is 92.9 Å². The van der Waals surface area contributed by atoms with Crippen molar-refractivity contribution >= 4 is 90.0 Å². The molecule has 2 unspecified atom stereocenters. The molecule has 0 saturated carbocycles. The molecule has 0 amide bonds. The maximum absolute atomic E-state index is 4.73. The number of para-hydroxylation sites is 2. The fourth-order valence-corrected chi connectivity index (χ4v) is 16.3. The second-order valence-corrected chi connectivity index (χ2v) is 34.1. The molecule has 1 N–H and O–H groups in total. The van der Waals surface area contributed by atoms with Gasteiger partial charge in [-0.25, -0.2) is 0 Å². The first-order chi connectivity index (χ1) is 72.0. The Morgan fingerprint density at radius 2 is 0.755 bits per heavy atom. The summed E-state index contributed by atoms with van der Waals surface area (Å²) in [6.45, 7) is 57.4. The summed E-state index contributed by atoms with van der Waals surface area (Å²) in [7, 11) is 3.69. The monoisotopic (exact) mass is 1960 g/mol. The van der Waals surface area contributed by atoms with Crippen LogP contribution >= 0.6 is 0 Å². The lowest BCUT2D eigenvalue weighted by Crippen LogP contribution is -2.32. The molecule has 147 heavy (non-hydrogen) atoms. The van der Waals surface area contributed by atoms with E-state index in [9.17, 15) is 0 Å². The van der Waals surface area contributed by atoms with Crippen LogP contribution in [0, 0.1) is 13.8 Å². The highest BCUT2D eigenvalue weighted by molar-refractivity contribution is 6.10. The Kier molecular flexibility index (Phi) is 65.4. The summed E-state index contributed by atoms with van der Waals surface area (Å²) in [5, 5.41) is 8.62. The molecule has 0 aromatic heterocycles. The Balaban J connectivity index is 0.000000340. The predicted octanol–water partition coefficient (Wildman–Crippen LogP) is 36.9. The van der Waals surface area contributed by atoms with Crippen molar-refractivity contribution in [3.05, 3.63) is 441 Å². The van der Waals surface area contributed by atoms with E-state index in [0.29, 0.717) is 12.0 Å². The van der Waals surface area contributed by atoms with Gasteiger partial charge in [-0.15, -0.1) is 0 Å². The summed E-state index contributed by atoms with van der Waals surface area (Å²) < 4.78 is 0. The van der Waals surface area contributed by atoms with Gasteiger partial charge in [-0.2, -0.15) is 0 Å². The number of aliphatic imine (C=N–C) groups is 10. The van der Waals surface area contributed by atoms with Gasteiger partial charge in [0.05, 0.1) is 31.4 Å². The van der Waals surface area contributed by atoms with Crippen LogP contribution in [0.2, 0.25) is 0 Å². The minimum absolute atomic E-state index is 0.459. The first-order valence-corrected chi connectivity index (χ1v) is 54.3. The molecule has 14 aromatic rings. The molecule has 14 aromatic carbocycles. The standard InChI is InChI=1S/2C19H17N.C15H15N.C14H13N.C12H14N2.C12H15N.C11H13N.C9H11N.C6H11N.C5H9N.7C2H6/c1-15(20-14-16-8-3-2-4-9-16)18-13-7-11-17-10-5-6-12-19(17)18;1-15(20-14-16-7-3-2-4-8-16)18-12-11-17-9-5-6-10-19(17)13-18;1-13(15-10-6-3-7-11-15)16-12-14-8-4-2-5-9-14;1-12(13-8-4-2-5-9-13)15-14-10-6-3-7-11-14;1-8-12-10(6-7-13-8)9-4-2-3-5-11(9)14-12;1-8-6-11-4-5-13-10(3)12(11)7-9(8)2;1-12-11-8-4-6-9-5-2-3-7-10(9)11;1-8(10-2)9-6-4-3-5-7-9;1-6-4-2-3-5-7-6;1-5-3-2-4-6-5;7*1-2/h2*2-13H,14H2,1H3;2-11H,12H2,1H3;2-11H,1H3;2-5,10,12,14H,6-7H2,1H3;6-7H,4-5H2,1-3H3;2-3,5,7H,4,6,8H2,1H3;3-7H,1-2H3;2-5H2,1H3;2-4H2,1H3;7*1-2H3. The van der Waals surface area contributed by atoms with Crippen LogP contribution in [0.25, 0.3) is 21.5 Å². The van der Waals surface area contributed by atoms with Crippen molar-refractivity contribution in [1.29, 1.82) is 0 Å². The number of nitrogens with zero attached hydrogens (tertiary/aromatic N) is 10. The fourth-order valence-electron chi connectivity index (χ4n) is 16.3. The molecule has 5 aliphatic heterocycles. The minimum atomic E-state index is 0.459. The van der Waals surface area contributed by atoms with E-state index in [1.54, 1.807) is 0 Å². The van der Waals surface area contributed by atoms with Crippen LogP contribution in [-0.4, -0.2) is 103 Å². The van der Waals surface area contributed by atoms with Crippen molar-refractivity contribution in [2.75, 3.05) is 45.6 Å². The van der Waals surface area contributed by atoms with E-state index < -0.39 is 0 Å². The second kappa shape index (κ2) is 76.7. The van der Waals surface area contributed by atoms with Crippen LogP contribution in [0.4, 0.5) is 11.4 Å². The van der Waals surface area contributed by atoms with Gasteiger partial charge in [-0.05, 0) is 270 Å². The summed E-state index contributed by atoms with van der Waals surface area (Å²) in [5.74, 6) is 0.656. The second-order valence-electron chi connectivity index (χ2n) is 34.1. The van der Waals surface area contributed by atoms with E-state index in [2.05, 4.69) is 355 Å². The molecular weight excluding hydrogens is 1790 g/mol. The Labute approximate surface area is 889 Å². The first kappa shape index (κ1) is 125. The highest BCUT2D eigenvalue weighted by Gasteiger charge is 2.35. The van der Waals surface area contributed by atoms with Crippen LogP contribution in [0.5, 0.6) is 0 Å². The average Bonchev–Trinajstić information content (AvgIpc) is 1.62. The first-order valence-electron chi connectivity index (χ1n) is 54.3. The van der Waals surface area contributed by atoms with Crippen LogP contribution in [-0.2, 0) is 32.5 Å². The number of anilines is 1. The molecule has 0 saturated heterocycles. The zero-order valence-electron chi connectivity index (χ0n) is 94.7. The van der Waals surface area contributed by atoms with E-state index in [1.165, 1.54) is 191 Å². The summed E-state index contributed by atoms with van der Waals surface area (Å²) in [6.07, 6.45) is 12.3. The van der Waals surface area contributed by atoms with Crippen molar-refractivity contribution in [2.24, 2.45) is 49.9 Å². The number of benzene rings is 14. The lowest BCUT2D eigenvalue weighted by atomic mass is 9.88. The lowest BCUT2D eigenvalue weighted by Gasteiger charge is -2.24. The molecule has 776 valence electrons. The zero-order chi connectivity index (χ0) is 108. The van der Waals surface area contributed by atoms with Crippen molar-refractivity contribution in [1.82, 2.24) is 0 Å². The van der Waals surface area contributed by atoms with E-state index in [4.69, 9.17) is 4.99 Å². The number of fused-ring (bicyclic) bond motifs is 7. The molecule has 2 atom stereocenters. The largest absolute Gasteiger partial charge is 0.376 e. The SMILES string of the molecule is CC.CC.CC.CC.CC.CC.CC.CC(=NCc1ccccc1)c1ccc2ccccc2c1.CC(=NCc1ccccc1)c1cccc2ccccc12.CC(=NCc1ccccc1)c1ccccc1.CC(=Nc1ccccc1)c1ccccc1.CC1=NCCC1.CC1=NCCC2c3ccccc3NC12.CC1=NCCCC1.CC1=NCCc2cc(C)c(C)cc21.CN=C(C)c1ccccc1.CN=C1CCCc2ccccc21. The minimum Gasteiger partial charge on any atom is -0.376 e. The quantitative estimate of drug-likeness (QED) is 0.120. The van der Waals surface area contributed by atoms with Gasteiger partial charge in [-0.3, -0.25) is 49.9 Å². The zero-order valence-corrected chi connectivity index (χ0v) is 94.7. The van der Waals surface area contributed by atoms with Gasteiger partial charge in [0.25, 0.3) is 0 Å². The number of hydrogen-bond acceptors (Lipinski definition) is 11. The highest BCUT2D eigenvalue weighted by atomic mass is 15.0. The Morgan fingerprint density at radius 1 is 0.313 bits per heavy atom. The van der Waals surface area contributed by atoms with Crippen LogP contribution in [0.1, 0.15) is 300 Å². The molecule has 0 fully saturated rings. The third-order valence-corrected chi connectivity index (χ3v) is 24.4. The van der Waals surface area contributed by atoms with Gasteiger partial charge < -0.3 is 5.32 Å². The van der Waals surface area contributed by atoms with Gasteiger partial charge >= 0.3 is 0 Å². The summed E-state index contributed by atoms with van der Waals surface area (Å²) >= 11 is 0. The normalized spacial score (nSPS) is 14.2. The van der Waals surface area contributed by atoms with Crippen molar-refractivity contribution in [3.8, 4) is 0 Å². The smallest absolute Gasteiger partial charge is 0.0708 e. The van der Waals surface area contributed by atoms with Crippen LogP contribution in [0.3, 0.4) is 0 Å².